The molecule has 0 radical (unpaired) electrons. The number of nitrogens with zero attached hydrogens (tertiary/aromatic N) is 2. The Morgan fingerprint density at radius 2 is 1.43 bits per heavy atom. The summed E-state index contributed by atoms with van der Waals surface area (Å²) in [7, 11) is 2.04. The average molecular weight is 452 g/mol. The zero-order valence-corrected chi connectivity index (χ0v) is 19.6. The number of fused-ring (bicyclic) bond motifs is 3. The van der Waals surface area contributed by atoms with Gasteiger partial charge in [0, 0.05) is 28.5 Å². The summed E-state index contributed by atoms with van der Waals surface area (Å²) in [5.74, 6) is 0. The van der Waals surface area contributed by atoms with Gasteiger partial charge in [-0.15, -0.1) is 0 Å². The highest BCUT2D eigenvalue weighted by molar-refractivity contribution is 6.18. The van der Waals surface area contributed by atoms with Gasteiger partial charge >= 0.3 is 0 Å². The van der Waals surface area contributed by atoms with Crippen molar-refractivity contribution in [2.75, 3.05) is 0 Å². The molecule has 0 saturated heterocycles. The quantitative estimate of drug-likeness (QED) is 0.196. The van der Waals surface area contributed by atoms with Gasteiger partial charge in [0.05, 0.1) is 12.1 Å². The molecule has 2 aromatic heterocycles. The first-order valence-corrected chi connectivity index (χ1v) is 11.6. The monoisotopic (exact) mass is 451 g/mol. The highest BCUT2D eigenvalue weighted by atomic mass is 16.3. The summed E-state index contributed by atoms with van der Waals surface area (Å²) < 4.78 is 8.77. The Morgan fingerprint density at radius 1 is 0.714 bits per heavy atom. The standard InChI is InChI=1S/C32H23N2O/c1-21-12-17-26-30-27(33-2)19-18-25(24-15-13-23(14-16-24)22-9-5-4-6-10-22)31(30)35-32(26)29(21)28-11-7-8-20-34(28)3/h4-20H,1,3H3/q+1. The lowest BCUT2D eigenvalue weighted by molar-refractivity contribution is -0.660. The molecule has 166 valence electrons. The van der Waals surface area contributed by atoms with E-state index in [-0.39, 0.29) is 0 Å². The van der Waals surface area contributed by atoms with Crippen LogP contribution in [-0.4, -0.2) is 0 Å². The van der Waals surface area contributed by atoms with Gasteiger partial charge in [0.2, 0.25) is 5.69 Å². The fraction of sp³-hybridized carbons (Fsp3) is 0.0625. The molecule has 3 nitrogen and oxygen atoms in total. The van der Waals surface area contributed by atoms with Crippen molar-refractivity contribution < 1.29 is 8.98 Å². The van der Waals surface area contributed by atoms with Crippen molar-refractivity contribution in [3.05, 3.63) is 120 Å². The molecule has 0 amide bonds. The predicted molar refractivity (Wildman–Crippen MR) is 142 cm³/mol. The van der Waals surface area contributed by atoms with Gasteiger partial charge in [0.15, 0.2) is 11.9 Å². The van der Waals surface area contributed by atoms with Gasteiger partial charge in [-0.05, 0) is 35.2 Å². The Morgan fingerprint density at radius 3 is 2.17 bits per heavy atom. The first kappa shape index (κ1) is 20.9. The van der Waals surface area contributed by atoms with Crippen molar-refractivity contribution in [2.24, 2.45) is 7.05 Å². The van der Waals surface area contributed by atoms with Crippen molar-refractivity contribution in [3.63, 3.8) is 0 Å². The minimum Gasteiger partial charge on any atom is -0.456 e. The summed E-state index contributed by atoms with van der Waals surface area (Å²) in [6, 6.07) is 33.2. The van der Waals surface area contributed by atoms with Gasteiger partial charge in [-0.25, -0.2) is 9.41 Å². The zero-order valence-electron chi connectivity index (χ0n) is 19.6. The molecule has 0 N–H and O–H groups in total. The van der Waals surface area contributed by atoms with Crippen LogP contribution in [0.3, 0.4) is 0 Å². The minimum absolute atomic E-state index is 0.607. The number of pyridine rings is 1. The van der Waals surface area contributed by atoms with Crippen molar-refractivity contribution in [1.29, 1.82) is 0 Å². The molecule has 4 aromatic carbocycles. The normalized spacial score (nSPS) is 11.1. The first-order chi connectivity index (χ1) is 17.2. The van der Waals surface area contributed by atoms with Crippen LogP contribution >= 0.6 is 0 Å². The van der Waals surface area contributed by atoms with Crippen LogP contribution in [0.15, 0.2) is 108 Å². The Labute approximate surface area is 204 Å². The molecule has 0 spiro atoms. The van der Waals surface area contributed by atoms with E-state index in [1.165, 1.54) is 11.1 Å². The van der Waals surface area contributed by atoms with Crippen molar-refractivity contribution in [3.8, 4) is 33.5 Å². The minimum atomic E-state index is 0.607. The van der Waals surface area contributed by atoms with Gasteiger partial charge in [-0.3, -0.25) is 0 Å². The fourth-order valence-corrected chi connectivity index (χ4v) is 4.92. The number of aryl methyl sites for hydroxylation is 2. The third kappa shape index (κ3) is 3.39. The summed E-state index contributed by atoms with van der Waals surface area (Å²) in [5, 5.41) is 1.85. The number of rotatable bonds is 3. The molecule has 3 heteroatoms. The zero-order chi connectivity index (χ0) is 23.9. The van der Waals surface area contributed by atoms with E-state index < -0.39 is 0 Å². The van der Waals surface area contributed by atoms with Crippen molar-refractivity contribution >= 4 is 27.6 Å². The Kier molecular flexibility index (Phi) is 4.94. The molecule has 0 bridgehead atoms. The third-order valence-corrected chi connectivity index (χ3v) is 6.71. The lowest BCUT2D eigenvalue weighted by Gasteiger charge is -2.06. The van der Waals surface area contributed by atoms with Crippen LogP contribution in [-0.2, 0) is 7.05 Å². The van der Waals surface area contributed by atoms with Crippen molar-refractivity contribution in [1.82, 2.24) is 0 Å². The lowest BCUT2D eigenvalue weighted by Crippen LogP contribution is -2.30. The maximum Gasteiger partial charge on any atom is 0.216 e. The van der Waals surface area contributed by atoms with E-state index in [2.05, 4.69) is 83.1 Å². The van der Waals surface area contributed by atoms with Crippen LogP contribution in [0, 0.1) is 13.5 Å². The number of hydrogen-bond donors (Lipinski definition) is 0. The third-order valence-electron chi connectivity index (χ3n) is 6.71. The fourth-order valence-electron chi connectivity index (χ4n) is 4.92. The van der Waals surface area contributed by atoms with E-state index in [0.717, 1.165) is 49.9 Å². The molecule has 6 rings (SSSR count). The Hall–Kier alpha value is -4.68. The van der Waals surface area contributed by atoms with Gasteiger partial charge < -0.3 is 4.42 Å². The van der Waals surface area contributed by atoms with E-state index in [1.807, 2.05) is 43.6 Å². The number of furan rings is 1. The van der Waals surface area contributed by atoms with Crippen LogP contribution in [0.4, 0.5) is 5.69 Å². The second-order valence-corrected chi connectivity index (χ2v) is 8.82. The Balaban J connectivity index is 1.61. The molecule has 35 heavy (non-hydrogen) atoms. The summed E-state index contributed by atoms with van der Waals surface area (Å²) in [6.45, 7) is 9.92. The van der Waals surface area contributed by atoms with Gasteiger partial charge in [-0.2, -0.15) is 0 Å². The molecule has 0 aliphatic rings. The molecule has 0 aliphatic heterocycles. The summed E-state index contributed by atoms with van der Waals surface area (Å²) in [6.07, 6.45) is 2.04. The van der Waals surface area contributed by atoms with Crippen LogP contribution in [0.25, 0.3) is 60.3 Å². The van der Waals surface area contributed by atoms with Gasteiger partial charge in [0.1, 0.15) is 18.2 Å². The summed E-state index contributed by atoms with van der Waals surface area (Å²) in [5.41, 5.74) is 9.86. The van der Waals surface area contributed by atoms with Crippen LogP contribution < -0.4 is 4.57 Å². The molecular formula is C32H23N2O+. The Bertz CT molecular complexity index is 1750. The largest absolute Gasteiger partial charge is 0.456 e. The summed E-state index contributed by atoms with van der Waals surface area (Å²) >= 11 is 0. The highest BCUT2D eigenvalue weighted by Gasteiger charge is 2.23. The van der Waals surface area contributed by atoms with Crippen molar-refractivity contribution in [2.45, 2.75) is 6.92 Å². The van der Waals surface area contributed by atoms with E-state index in [0.29, 0.717) is 5.69 Å². The molecular weight excluding hydrogens is 428 g/mol. The van der Waals surface area contributed by atoms with Gasteiger partial charge in [-0.1, -0.05) is 78.9 Å². The van der Waals surface area contributed by atoms with Crippen LogP contribution in [0.5, 0.6) is 0 Å². The predicted octanol–water partition coefficient (Wildman–Crippen LogP) is 8.27. The smallest absolute Gasteiger partial charge is 0.216 e. The van der Waals surface area contributed by atoms with E-state index >= 15 is 0 Å². The average Bonchev–Trinajstić information content (AvgIpc) is 3.29. The molecule has 0 atom stereocenters. The van der Waals surface area contributed by atoms with E-state index in [1.54, 1.807) is 0 Å². The molecule has 0 fully saturated rings. The van der Waals surface area contributed by atoms with Crippen LogP contribution in [0.1, 0.15) is 5.56 Å². The van der Waals surface area contributed by atoms with E-state index in [9.17, 15) is 0 Å². The first-order valence-electron chi connectivity index (χ1n) is 11.6. The molecule has 0 aliphatic carbocycles. The lowest BCUT2D eigenvalue weighted by atomic mass is 9.97. The maximum atomic E-state index is 7.81. The maximum absolute atomic E-state index is 7.81. The molecule has 0 unspecified atom stereocenters. The number of benzene rings is 4. The molecule has 2 heterocycles. The number of aromatic nitrogens is 1. The second kappa shape index (κ2) is 8.27. The second-order valence-electron chi connectivity index (χ2n) is 8.82. The van der Waals surface area contributed by atoms with Gasteiger partial charge in [0.25, 0.3) is 0 Å². The summed E-state index contributed by atoms with van der Waals surface area (Å²) in [4.78, 5) is 3.84. The molecule has 0 saturated carbocycles. The van der Waals surface area contributed by atoms with E-state index in [4.69, 9.17) is 11.0 Å². The highest BCUT2D eigenvalue weighted by Crippen LogP contribution is 2.44. The topological polar surface area (TPSA) is 21.4 Å². The van der Waals surface area contributed by atoms with Crippen LogP contribution in [0.2, 0.25) is 0 Å². The molecule has 6 aromatic rings. The number of hydrogen-bond acceptors (Lipinski definition) is 1. The SMILES string of the molecule is [C-]#[N+]c1ccc(-c2ccc(-c3ccccc3)cc2)c2oc3c(-c4cccc[n+]4C)c(C)ccc3c12.